The van der Waals surface area contributed by atoms with Crippen LogP contribution in [0, 0.1) is 0 Å². The summed E-state index contributed by atoms with van der Waals surface area (Å²) in [4.78, 5) is 14.2. The Kier molecular flexibility index (Phi) is 4.69. The maximum atomic E-state index is 13.2. The summed E-state index contributed by atoms with van der Waals surface area (Å²) in [5, 5.41) is 9.39. The number of benzene rings is 2. The molecule has 138 valence electrons. The number of nitrogens with zero attached hydrogens (tertiary/aromatic N) is 1. The van der Waals surface area contributed by atoms with E-state index in [1.807, 2.05) is 30.3 Å². The van der Waals surface area contributed by atoms with Crippen molar-refractivity contribution in [1.82, 2.24) is 4.31 Å². The lowest BCUT2D eigenvalue weighted by molar-refractivity contribution is -0.125. The van der Waals surface area contributed by atoms with Crippen LogP contribution in [0.3, 0.4) is 0 Å². The Morgan fingerprint density at radius 1 is 1.07 bits per heavy atom. The Labute approximate surface area is 161 Å². The van der Waals surface area contributed by atoms with Crippen molar-refractivity contribution in [2.24, 2.45) is 0 Å². The van der Waals surface area contributed by atoms with Crippen LogP contribution in [-0.4, -0.2) is 30.2 Å². The molecule has 0 fully saturated rings. The average Bonchev–Trinajstić information content (AvgIpc) is 3.22. The first-order valence-corrected chi connectivity index (χ1v) is 10.7. The third-order valence-corrected chi connectivity index (χ3v) is 7.75. The molecule has 2 heterocycles. The van der Waals surface area contributed by atoms with Crippen molar-refractivity contribution in [1.29, 1.82) is 0 Å². The highest BCUT2D eigenvalue weighted by atomic mass is 32.2. The van der Waals surface area contributed by atoms with Gasteiger partial charge in [-0.15, -0.1) is 11.3 Å². The van der Waals surface area contributed by atoms with E-state index in [-0.39, 0.29) is 11.4 Å². The number of ketones is 1. The molecule has 1 aliphatic rings. The number of rotatable bonds is 5. The van der Waals surface area contributed by atoms with Gasteiger partial charge in [0.25, 0.3) is 0 Å². The smallest absolute Gasteiger partial charge is 0.245 e. The number of hydrogen-bond acceptors (Lipinski definition) is 5. The molecule has 1 N–H and O–H groups in total. The first-order valence-electron chi connectivity index (χ1n) is 8.41. The Morgan fingerprint density at radius 3 is 2.30 bits per heavy atom. The summed E-state index contributed by atoms with van der Waals surface area (Å²) in [6, 6.07) is 19.0. The third kappa shape index (κ3) is 3.12. The minimum Gasteiger partial charge on any atom is -0.389 e. The van der Waals surface area contributed by atoms with E-state index in [1.54, 1.807) is 36.4 Å². The van der Waals surface area contributed by atoms with Crippen LogP contribution in [0.5, 0.6) is 0 Å². The van der Waals surface area contributed by atoms with Crippen LogP contribution in [0.2, 0.25) is 0 Å². The molecular formula is C20H17NO4S2. The highest BCUT2D eigenvalue weighted by Gasteiger charge is 2.43. The molecule has 0 spiro atoms. The zero-order chi connectivity index (χ0) is 19.0. The van der Waals surface area contributed by atoms with Gasteiger partial charge < -0.3 is 5.11 Å². The lowest BCUT2D eigenvalue weighted by atomic mass is 10.0. The predicted molar refractivity (Wildman–Crippen MR) is 104 cm³/mol. The van der Waals surface area contributed by atoms with Gasteiger partial charge >= 0.3 is 0 Å². The number of fused-ring (bicyclic) bond motifs is 1. The molecule has 2 aromatic carbocycles. The summed E-state index contributed by atoms with van der Waals surface area (Å²) in [5.41, 5.74) is 1.52. The molecule has 1 atom stereocenters. The molecule has 3 aromatic rings. The van der Waals surface area contributed by atoms with Gasteiger partial charge in [0.05, 0.1) is 11.4 Å². The van der Waals surface area contributed by atoms with Crippen LogP contribution in [0.25, 0.3) is 10.4 Å². The third-order valence-electron chi connectivity index (χ3n) is 4.58. The molecule has 4 rings (SSSR count). The fourth-order valence-corrected chi connectivity index (χ4v) is 6.65. The highest BCUT2D eigenvalue weighted by molar-refractivity contribution is 7.89. The number of thiophene rings is 1. The number of hydrogen-bond donors (Lipinski definition) is 1. The largest absolute Gasteiger partial charge is 0.389 e. The van der Waals surface area contributed by atoms with Crippen LogP contribution in [0.1, 0.15) is 16.5 Å². The second kappa shape index (κ2) is 7.01. The minimum absolute atomic E-state index is 0.125. The van der Waals surface area contributed by atoms with Gasteiger partial charge in [-0.3, -0.25) is 4.79 Å². The van der Waals surface area contributed by atoms with Crippen molar-refractivity contribution in [3.05, 3.63) is 77.2 Å². The Hall–Kier alpha value is -2.32. The van der Waals surface area contributed by atoms with Gasteiger partial charge in [-0.1, -0.05) is 60.7 Å². The minimum atomic E-state index is -3.82. The van der Waals surface area contributed by atoms with Crippen LogP contribution in [0.4, 0.5) is 0 Å². The van der Waals surface area contributed by atoms with Crippen molar-refractivity contribution < 1.29 is 18.3 Å². The summed E-state index contributed by atoms with van der Waals surface area (Å²) in [6.45, 7) is -0.588. The van der Waals surface area contributed by atoms with E-state index >= 15 is 0 Å². The Morgan fingerprint density at radius 2 is 1.70 bits per heavy atom. The summed E-state index contributed by atoms with van der Waals surface area (Å²) in [6.07, 6.45) is 0. The quantitative estimate of drug-likeness (QED) is 0.715. The van der Waals surface area contributed by atoms with E-state index in [4.69, 9.17) is 0 Å². The number of carbonyl (C=O) groups excluding carboxylic acids is 1. The van der Waals surface area contributed by atoms with Crippen LogP contribution >= 0.6 is 11.3 Å². The van der Waals surface area contributed by atoms with E-state index in [9.17, 15) is 18.3 Å². The summed E-state index contributed by atoms with van der Waals surface area (Å²) in [5.74, 6) is -0.539. The summed E-state index contributed by atoms with van der Waals surface area (Å²) >= 11 is 1.42. The first kappa shape index (κ1) is 18.1. The molecular weight excluding hydrogens is 382 g/mol. The summed E-state index contributed by atoms with van der Waals surface area (Å²) in [7, 11) is -3.82. The molecule has 5 nitrogen and oxygen atoms in total. The number of aliphatic hydroxyl groups is 1. The molecule has 0 saturated carbocycles. The van der Waals surface area contributed by atoms with Crippen LogP contribution in [-0.2, 0) is 21.4 Å². The topological polar surface area (TPSA) is 74.7 Å². The fourth-order valence-electron chi connectivity index (χ4n) is 3.30. The standard InChI is InChI=1S/C20H17NO4S2/c22-13-16(23)20(15-9-5-2-6-10-15)21-12-18-19(27(21,24)25)11-17(26-18)14-7-3-1-4-8-14/h1-11,20,22H,12-13H2. The van der Waals surface area contributed by atoms with Crippen molar-refractivity contribution in [3.63, 3.8) is 0 Å². The van der Waals surface area contributed by atoms with Crippen LogP contribution < -0.4 is 0 Å². The zero-order valence-electron chi connectivity index (χ0n) is 14.3. The number of aliphatic hydroxyl groups excluding tert-OH is 1. The molecule has 0 saturated heterocycles. The molecule has 0 bridgehead atoms. The maximum absolute atomic E-state index is 13.2. The van der Waals surface area contributed by atoms with Gasteiger partial charge in [0.1, 0.15) is 12.6 Å². The monoisotopic (exact) mass is 399 g/mol. The molecule has 1 unspecified atom stereocenters. The van der Waals surface area contributed by atoms with Crippen molar-refractivity contribution in [2.75, 3.05) is 6.61 Å². The van der Waals surface area contributed by atoms with E-state index < -0.39 is 28.5 Å². The number of Topliss-reactive ketones (excluding diaryl/α,β-unsaturated/α-hetero) is 1. The lowest BCUT2D eigenvalue weighted by Crippen LogP contribution is -2.36. The van der Waals surface area contributed by atoms with Gasteiger partial charge in [0, 0.05) is 9.75 Å². The molecule has 27 heavy (non-hydrogen) atoms. The molecule has 1 aliphatic heterocycles. The SMILES string of the molecule is O=C(CO)C(c1ccccc1)N1Cc2sc(-c3ccccc3)cc2S1(=O)=O. The van der Waals surface area contributed by atoms with Crippen LogP contribution in [0.15, 0.2) is 71.6 Å². The van der Waals surface area contributed by atoms with Gasteiger partial charge in [-0.05, 0) is 17.2 Å². The van der Waals surface area contributed by atoms with Gasteiger partial charge in [-0.25, -0.2) is 8.42 Å². The lowest BCUT2D eigenvalue weighted by Gasteiger charge is -2.25. The molecule has 7 heteroatoms. The van der Waals surface area contributed by atoms with Crippen molar-refractivity contribution in [3.8, 4) is 10.4 Å². The molecule has 0 amide bonds. The average molecular weight is 399 g/mol. The maximum Gasteiger partial charge on any atom is 0.245 e. The van der Waals surface area contributed by atoms with Gasteiger partial charge in [0.2, 0.25) is 10.0 Å². The number of carbonyl (C=O) groups is 1. The zero-order valence-corrected chi connectivity index (χ0v) is 15.9. The normalized spacial score (nSPS) is 16.8. The van der Waals surface area contributed by atoms with Gasteiger partial charge in [0.15, 0.2) is 5.78 Å². The fraction of sp³-hybridized carbons (Fsp3) is 0.150. The van der Waals surface area contributed by atoms with E-state index in [1.165, 1.54) is 15.6 Å². The van der Waals surface area contributed by atoms with E-state index in [2.05, 4.69) is 0 Å². The predicted octanol–water partition coefficient (Wildman–Crippen LogP) is 3.22. The van der Waals surface area contributed by atoms with E-state index in [0.717, 1.165) is 10.4 Å². The second-order valence-corrected chi connectivity index (χ2v) is 9.25. The Balaban J connectivity index is 1.75. The highest BCUT2D eigenvalue weighted by Crippen LogP contribution is 2.44. The van der Waals surface area contributed by atoms with E-state index in [0.29, 0.717) is 10.4 Å². The van der Waals surface area contributed by atoms with Crippen molar-refractivity contribution >= 4 is 27.1 Å². The van der Waals surface area contributed by atoms with Gasteiger partial charge in [-0.2, -0.15) is 4.31 Å². The molecule has 1 aromatic heterocycles. The first-order chi connectivity index (χ1) is 13.0. The second-order valence-electron chi connectivity index (χ2n) is 6.25. The Bertz CT molecular complexity index is 1080. The number of sulfonamides is 1. The molecule has 0 radical (unpaired) electrons. The van der Waals surface area contributed by atoms with Crippen molar-refractivity contribution in [2.45, 2.75) is 17.5 Å². The molecule has 0 aliphatic carbocycles. The summed E-state index contributed by atoms with van der Waals surface area (Å²) < 4.78 is 27.5.